The molecule has 2 rings (SSSR count). The Morgan fingerprint density at radius 1 is 1.50 bits per heavy atom. The van der Waals surface area contributed by atoms with E-state index in [0.29, 0.717) is 22.3 Å². The van der Waals surface area contributed by atoms with Crippen molar-refractivity contribution in [3.8, 4) is 0 Å². The lowest BCUT2D eigenvalue weighted by Crippen LogP contribution is -2.10. The molecule has 2 aromatic rings. The average molecular weight is 314 g/mol. The predicted molar refractivity (Wildman–Crippen MR) is 68.5 cm³/mol. The highest BCUT2D eigenvalue weighted by Crippen LogP contribution is 2.25. The number of hydrogen-bond acceptors (Lipinski definition) is 3. The van der Waals surface area contributed by atoms with Gasteiger partial charge in [0.15, 0.2) is 0 Å². The highest BCUT2D eigenvalue weighted by atomic mass is 79.9. The van der Waals surface area contributed by atoms with Crippen LogP contribution in [0.25, 0.3) is 0 Å². The summed E-state index contributed by atoms with van der Waals surface area (Å²) in [5.41, 5.74) is 1.21. The summed E-state index contributed by atoms with van der Waals surface area (Å²) >= 11 is 3.10. The van der Waals surface area contributed by atoms with E-state index < -0.39 is 6.10 Å². The molecule has 96 valence electrons. The van der Waals surface area contributed by atoms with E-state index in [1.54, 1.807) is 16.8 Å². The van der Waals surface area contributed by atoms with Crippen molar-refractivity contribution in [1.82, 2.24) is 15.0 Å². The SMILES string of the molecule is CCCn1nncc1C(O)c1ccc(F)c(Br)c1. The standard InChI is InChI=1S/C12H13BrFN3O/c1-2-5-17-11(7-15-16-17)12(18)8-3-4-10(14)9(13)6-8/h3-4,6-7,12,18H,2,5H2,1H3. The Labute approximate surface area is 113 Å². The predicted octanol–water partition coefficient (Wildman–Crippen LogP) is 2.67. The van der Waals surface area contributed by atoms with E-state index in [1.807, 2.05) is 6.92 Å². The molecular formula is C12H13BrFN3O. The molecule has 0 bridgehead atoms. The third kappa shape index (κ3) is 2.59. The second-order valence-electron chi connectivity index (χ2n) is 3.96. The third-order valence-corrected chi connectivity index (χ3v) is 3.23. The largest absolute Gasteiger partial charge is 0.382 e. The zero-order valence-electron chi connectivity index (χ0n) is 9.85. The molecule has 0 spiro atoms. The fraction of sp³-hybridized carbons (Fsp3) is 0.333. The molecule has 0 saturated carbocycles. The summed E-state index contributed by atoms with van der Waals surface area (Å²) in [6, 6.07) is 4.42. The summed E-state index contributed by atoms with van der Waals surface area (Å²) in [7, 11) is 0. The number of aromatic nitrogens is 3. The van der Waals surface area contributed by atoms with E-state index in [2.05, 4.69) is 26.2 Å². The van der Waals surface area contributed by atoms with Gasteiger partial charge in [0.25, 0.3) is 0 Å². The fourth-order valence-corrected chi connectivity index (χ4v) is 2.11. The molecule has 0 fully saturated rings. The summed E-state index contributed by atoms with van der Waals surface area (Å²) in [4.78, 5) is 0. The van der Waals surface area contributed by atoms with Gasteiger partial charge in [-0.2, -0.15) is 0 Å². The molecule has 4 nitrogen and oxygen atoms in total. The molecule has 0 aliphatic carbocycles. The number of benzene rings is 1. The lowest BCUT2D eigenvalue weighted by atomic mass is 10.1. The molecule has 0 amide bonds. The molecule has 1 unspecified atom stereocenters. The minimum absolute atomic E-state index is 0.327. The van der Waals surface area contributed by atoms with E-state index in [-0.39, 0.29) is 5.82 Å². The first-order valence-corrected chi connectivity index (χ1v) is 6.44. The van der Waals surface area contributed by atoms with Crippen LogP contribution in [-0.2, 0) is 6.54 Å². The summed E-state index contributed by atoms with van der Waals surface area (Å²) < 4.78 is 15.1. The van der Waals surface area contributed by atoms with E-state index in [0.717, 1.165) is 6.42 Å². The number of aliphatic hydroxyl groups is 1. The van der Waals surface area contributed by atoms with Crippen molar-refractivity contribution in [2.75, 3.05) is 0 Å². The summed E-state index contributed by atoms with van der Waals surface area (Å²) in [6.45, 7) is 2.71. The molecule has 1 heterocycles. The van der Waals surface area contributed by atoms with Gasteiger partial charge in [0.05, 0.1) is 16.4 Å². The summed E-state index contributed by atoms with van der Waals surface area (Å²) in [6.07, 6.45) is 1.57. The monoisotopic (exact) mass is 313 g/mol. The maximum atomic E-state index is 13.1. The van der Waals surface area contributed by atoms with Gasteiger partial charge < -0.3 is 5.11 Å². The fourth-order valence-electron chi connectivity index (χ4n) is 1.72. The Kier molecular flexibility index (Phi) is 4.08. The molecule has 6 heteroatoms. The Bertz CT molecular complexity index is 544. The smallest absolute Gasteiger partial charge is 0.137 e. The van der Waals surface area contributed by atoms with Gasteiger partial charge in [-0.25, -0.2) is 9.07 Å². The van der Waals surface area contributed by atoms with Crippen molar-refractivity contribution in [3.05, 3.63) is 45.9 Å². The van der Waals surface area contributed by atoms with Crippen LogP contribution in [0.4, 0.5) is 4.39 Å². The molecule has 1 aromatic carbocycles. The number of nitrogens with zero attached hydrogens (tertiary/aromatic N) is 3. The van der Waals surface area contributed by atoms with Crippen molar-refractivity contribution < 1.29 is 9.50 Å². The first-order chi connectivity index (χ1) is 8.63. The van der Waals surface area contributed by atoms with Crippen molar-refractivity contribution >= 4 is 15.9 Å². The zero-order valence-corrected chi connectivity index (χ0v) is 11.4. The molecular weight excluding hydrogens is 301 g/mol. The van der Waals surface area contributed by atoms with E-state index in [9.17, 15) is 9.50 Å². The Balaban J connectivity index is 2.32. The first kappa shape index (κ1) is 13.2. The van der Waals surface area contributed by atoms with E-state index in [4.69, 9.17) is 0 Å². The first-order valence-electron chi connectivity index (χ1n) is 5.65. The van der Waals surface area contributed by atoms with Crippen LogP contribution in [0.1, 0.15) is 30.7 Å². The van der Waals surface area contributed by atoms with Gasteiger partial charge >= 0.3 is 0 Å². The maximum absolute atomic E-state index is 13.1. The second kappa shape index (κ2) is 5.58. The molecule has 1 atom stereocenters. The average Bonchev–Trinajstić information content (AvgIpc) is 2.80. The van der Waals surface area contributed by atoms with Gasteiger partial charge in [0, 0.05) is 6.54 Å². The quantitative estimate of drug-likeness (QED) is 0.944. The van der Waals surface area contributed by atoms with Crippen LogP contribution in [0.5, 0.6) is 0 Å². The van der Waals surface area contributed by atoms with Gasteiger partial charge in [-0.3, -0.25) is 0 Å². The maximum Gasteiger partial charge on any atom is 0.137 e. The normalized spacial score (nSPS) is 12.7. The molecule has 0 radical (unpaired) electrons. The Morgan fingerprint density at radius 2 is 2.28 bits per heavy atom. The Hall–Kier alpha value is -1.27. The van der Waals surface area contributed by atoms with Crippen molar-refractivity contribution in [1.29, 1.82) is 0 Å². The van der Waals surface area contributed by atoms with Crippen molar-refractivity contribution in [3.63, 3.8) is 0 Å². The Morgan fingerprint density at radius 3 is 2.94 bits per heavy atom. The highest BCUT2D eigenvalue weighted by molar-refractivity contribution is 9.10. The lowest BCUT2D eigenvalue weighted by molar-refractivity contribution is 0.207. The van der Waals surface area contributed by atoms with Gasteiger partial charge in [0.2, 0.25) is 0 Å². The summed E-state index contributed by atoms with van der Waals surface area (Å²) in [5.74, 6) is -0.355. The van der Waals surface area contributed by atoms with Crippen LogP contribution in [-0.4, -0.2) is 20.1 Å². The second-order valence-corrected chi connectivity index (χ2v) is 4.81. The van der Waals surface area contributed by atoms with E-state index in [1.165, 1.54) is 12.3 Å². The number of hydrogen-bond donors (Lipinski definition) is 1. The van der Waals surface area contributed by atoms with E-state index >= 15 is 0 Å². The minimum Gasteiger partial charge on any atom is -0.382 e. The molecule has 1 N–H and O–H groups in total. The molecule has 0 aliphatic heterocycles. The number of aliphatic hydroxyl groups excluding tert-OH is 1. The van der Waals surface area contributed by atoms with Crippen LogP contribution < -0.4 is 0 Å². The molecule has 0 aliphatic rings. The highest BCUT2D eigenvalue weighted by Gasteiger charge is 2.17. The van der Waals surface area contributed by atoms with Crippen LogP contribution >= 0.6 is 15.9 Å². The number of rotatable bonds is 4. The van der Waals surface area contributed by atoms with Gasteiger partial charge in [-0.1, -0.05) is 18.2 Å². The number of halogens is 2. The van der Waals surface area contributed by atoms with Crippen molar-refractivity contribution in [2.24, 2.45) is 0 Å². The summed E-state index contributed by atoms with van der Waals surface area (Å²) in [5, 5.41) is 18.0. The van der Waals surface area contributed by atoms with Gasteiger partial charge in [-0.05, 0) is 40.0 Å². The van der Waals surface area contributed by atoms with Crippen molar-refractivity contribution in [2.45, 2.75) is 26.0 Å². The van der Waals surface area contributed by atoms with Gasteiger partial charge in [0.1, 0.15) is 11.9 Å². The van der Waals surface area contributed by atoms with Gasteiger partial charge in [-0.15, -0.1) is 5.10 Å². The lowest BCUT2D eigenvalue weighted by Gasteiger charge is -2.12. The topological polar surface area (TPSA) is 50.9 Å². The third-order valence-electron chi connectivity index (χ3n) is 2.62. The molecule has 18 heavy (non-hydrogen) atoms. The van der Waals surface area contributed by atoms with Crippen LogP contribution in [0, 0.1) is 5.82 Å². The zero-order chi connectivity index (χ0) is 13.1. The van der Waals surface area contributed by atoms with Crippen LogP contribution in [0.3, 0.4) is 0 Å². The molecule has 1 aromatic heterocycles. The number of aryl methyl sites for hydroxylation is 1. The van der Waals surface area contributed by atoms with Crippen LogP contribution in [0.15, 0.2) is 28.9 Å². The minimum atomic E-state index is -0.858. The molecule has 0 saturated heterocycles. The van der Waals surface area contributed by atoms with Crippen LogP contribution in [0.2, 0.25) is 0 Å².